The number of benzene rings is 2. The van der Waals surface area contributed by atoms with Gasteiger partial charge in [-0.05, 0) is 74.6 Å². The molecule has 4 atom stereocenters. The topological polar surface area (TPSA) is 113 Å². The van der Waals surface area contributed by atoms with Crippen molar-refractivity contribution in [2.45, 2.75) is 84.2 Å². The molecule has 1 N–H and O–H groups in total. The van der Waals surface area contributed by atoms with Crippen LogP contribution in [0.4, 0.5) is 13.2 Å². The first-order valence-electron chi connectivity index (χ1n) is 16.5. The number of cyclic esters (lactones) is 1. The summed E-state index contributed by atoms with van der Waals surface area (Å²) in [6.07, 6.45) is 0.676. The molecule has 0 bridgehead atoms. The molecule has 3 aromatic rings. The average molecular weight is 685 g/mol. The minimum absolute atomic E-state index is 0.120. The highest BCUT2D eigenvalue weighted by Crippen LogP contribution is 2.35. The molecule has 1 aliphatic rings. The highest BCUT2D eigenvalue weighted by molar-refractivity contribution is 5.98. The van der Waals surface area contributed by atoms with E-state index in [2.05, 4.69) is 27.2 Å². The molecule has 1 fully saturated rings. The third kappa shape index (κ3) is 11.0. The first kappa shape index (κ1) is 37.2. The second-order valence-corrected chi connectivity index (χ2v) is 12.6. The minimum Gasteiger partial charge on any atom is -0.493 e. The number of esters is 2. The van der Waals surface area contributed by atoms with Gasteiger partial charge in [-0.2, -0.15) is 0 Å². The molecule has 0 spiro atoms. The second kappa shape index (κ2) is 17.2. The Morgan fingerprint density at radius 1 is 1.02 bits per heavy atom. The van der Waals surface area contributed by atoms with E-state index in [1.165, 1.54) is 37.1 Å². The molecule has 1 aromatic heterocycles. The molecule has 49 heavy (non-hydrogen) atoms. The number of nitrogens with zero attached hydrogens (tertiary/aromatic N) is 1. The largest absolute Gasteiger partial charge is 0.573 e. The van der Waals surface area contributed by atoms with Gasteiger partial charge in [-0.15, -0.1) is 13.2 Å². The number of aryl methyl sites for hydroxylation is 1. The molecule has 264 valence electrons. The molecular weight excluding hydrogens is 641 g/mol. The van der Waals surface area contributed by atoms with E-state index in [0.29, 0.717) is 19.3 Å². The Labute approximate surface area is 284 Å². The van der Waals surface area contributed by atoms with Gasteiger partial charge in [0.25, 0.3) is 5.91 Å². The predicted molar refractivity (Wildman–Crippen MR) is 175 cm³/mol. The Morgan fingerprint density at radius 2 is 1.73 bits per heavy atom. The van der Waals surface area contributed by atoms with Crippen LogP contribution in [-0.2, 0) is 27.2 Å². The van der Waals surface area contributed by atoms with Crippen LogP contribution in [0.25, 0.3) is 0 Å². The number of hydrogen-bond donors (Lipinski definition) is 1. The Kier molecular flexibility index (Phi) is 13.0. The molecule has 1 saturated heterocycles. The van der Waals surface area contributed by atoms with Crippen LogP contribution in [0.15, 0.2) is 66.9 Å². The lowest BCUT2D eigenvalue weighted by Gasteiger charge is -2.31. The zero-order valence-corrected chi connectivity index (χ0v) is 28.1. The predicted octanol–water partition coefficient (Wildman–Crippen LogP) is 7.26. The van der Waals surface area contributed by atoms with Crippen LogP contribution in [0, 0.1) is 17.8 Å². The van der Waals surface area contributed by atoms with Crippen molar-refractivity contribution in [3.05, 3.63) is 83.7 Å². The number of nitrogens with one attached hydrogen (secondary N) is 1. The zero-order valence-electron chi connectivity index (χ0n) is 28.1. The van der Waals surface area contributed by atoms with Crippen molar-refractivity contribution < 1.29 is 46.5 Å². The molecule has 0 unspecified atom stereocenters. The van der Waals surface area contributed by atoms with Gasteiger partial charge in [-0.25, -0.2) is 9.78 Å². The number of rotatable bonds is 12. The van der Waals surface area contributed by atoms with E-state index >= 15 is 0 Å². The fourth-order valence-electron chi connectivity index (χ4n) is 6.08. The van der Waals surface area contributed by atoms with E-state index in [-0.39, 0.29) is 34.8 Å². The summed E-state index contributed by atoms with van der Waals surface area (Å²) in [4.78, 5) is 43.6. The number of carbonyl (C=O) groups excluding carboxylic acids is 3. The Bertz CT molecular complexity index is 1550. The minimum atomic E-state index is -4.79. The average Bonchev–Trinajstić information content (AvgIpc) is 3.10. The van der Waals surface area contributed by atoms with E-state index in [1.807, 2.05) is 25.1 Å². The summed E-state index contributed by atoms with van der Waals surface area (Å²) in [5, 5.41) is 2.74. The van der Waals surface area contributed by atoms with Gasteiger partial charge in [0.1, 0.15) is 17.9 Å². The van der Waals surface area contributed by atoms with Gasteiger partial charge in [0, 0.05) is 18.2 Å². The number of aromatic nitrogens is 1. The maximum Gasteiger partial charge on any atom is 0.573 e. The monoisotopic (exact) mass is 684 g/mol. The Morgan fingerprint density at radius 3 is 2.39 bits per heavy atom. The van der Waals surface area contributed by atoms with Gasteiger partial charge in [-0.1, -0.05) is 62.7 Å². The number of hydrogen-bond acceptors (Lipinski definition) is 8. The molecule has 2 heterocycles. The maximum atomic E-state index is 13.6. The lowest BCUT2D eigenvalue weighted by molar-refractivity contribution is -0.274. The number of halogens is 3. The standard InChI is InChI=1S/C37H43F3N2O7/c1-23(2)35(44)48-33-31(46-4)20-21-41-32(33)34(43)42-30-15-9-14-27(13-8-12-25-10-6-5-7-11-25)29(24(3)47-36(30)45)22-26-16-18-28(19-17-26)49-37(38,39)40/h5-7,10-11,16-21,23-24,27,29-30H,8-9,12-15,22H2,1-4H3,(H,42,43)/t24-,27+,29-,30-/m0/s1. The first-order chi connectivity index (χ1) is 23.3. The fraction of sp³-hybridized carbons (Fsp3) is 0.459. The summed E-state index contributed by atoms with van der Waals surface area (Å²) in [7, 11) is 1.37. The SMILES string of the molecule is COc1ccnc(C(=O)N[C@H]2CCC[C@@H](CCCc3ccccc3)[C@@H](Cc3ccc(OC(F)(F)F)cc3)[C@H](C)OC2=O)c1OC(=O)C(C)C. The van der Waals surface area contributed by atoms with Crippen LogP contribution in [0.5, 0.6) is 17.2 Å². The summed E-state index contributed by atoms with van der Waals surface area (Å²) in [6.45, 7) is 5.11. The fourth-order valence-corrected chi connectivity index (χ4v) is 6.08. The van der Waals surface area contributed by atoms with Gasteiger partial charge < -0.3 is 24.3 Å². The molecule has 12 heteroatoms. The molecule has 0 aliphatic carbocycles. The molecule has 1 aliphatic heterocycles. The number of carbonyl (C=O) groups is 3. The van der Waals surface area contributed by atoms with Crippen LogP contribution in [0.2, 0.25) is 0 Å². The van der Waals surface area contributed by atoms with E-state index in [9.17, 15) is 27.6 Å². The molecule has 1 amide bonds. The molecule has 9 nitrogen and oxygen atoms in total. The van der Waals surface area contributed by atoms with Gasteiger partial charge >= 0.3 is 18.3 Å². The third-order valence-electron chi connectivity index (χ3n) is 8.66. The van der Waals surface area contributed by atoms with Crippen LogP contribution in [0.1, 0.15) is 74.5 Å². The highest BCUT2D eigenvalue weighted by atomic mass is 19.4. The summed E-state index contributed by atoms with van der Waals surface area (Å²) in [5.41, 5.74) is 1.80. The van der Waals surface area contributed by atoms with Crippen LogP contribution in [0.3, 0.4) is 0 Å². The first-order valence-corrected chi connectivity index (χ1v) is 16.5. The van der Waals surface area contributed by atoms with E-state index in [4.69, 9.17) is 14.2 Å². The molecular formula is C37H43F3N2O7. The van der Waals surface area contributed by atoms with Gasteiger partial charge in [0.15, 0.2) is 11.4 Å². The lowest BCUT2D eigenvalue weighted by Crippen LogP contribution is -2.43. The number of pyridine rings is 1. The van der Waals surface area contributed by atoms with Crippen molar-refractivity contribution in [3.8, 4) is 17.2 Å². The summed E-state index contributed by atoms with van der Waals surface area (Å²) in [6, 6.07) is 16.3. The van der Waals surface area contributed by atoms with Gasteiger partial charge in [0.2, 0.25) is 5.75 Å². The van der Waals surface area contributed by atoms with E-state index in [1.54, 1.807) is 26.0 Å². The van der Waals surface area contributed by atoms with Crippen LogP contribution in [-0.4, -0.2) is 48.4 Å². The second-order valence-electron chi connectivity index (χ2n) is 12.6. The van der Waals surface area contributed by atoms with Crippen LogP contribution < -0.4 is 19.5 Å². The van der Waals surface area contributed by atoms with Crippen molar-refractivity contribution in [2.24, 2.45) is 17.8 Å². The number of methoxy groups -OCH3 is 1. The maximum absolute atomic E-state index is 13.6. The smallest absolute Gasteiger partial charge is 0.493 e. The van der Waals surface area contributed by atoms with Crippen molar-refractivity contribution >= 4 is 17.8 Å². The van der Waals surface area contributed by atoms with E-state index in [0.717, 1.165) is 31.2 Å². The van der Waals surface area contributed by atoms with Crippen LogP contribution >= 0.6 is 0 Å². The summed E-state index contributed by atoms with van der Waals surface area (Å²) < 4.78 is 59.0. The zero-order chi connectivity index (χ0) is 35.6. The normalized spacial score (nSPS) is 20.0. The van der Waals surface area contributed by atoms with Crippen molar-refractivity contribution in [1.82, 2.24) is 10.3 Å². The van der Waals surface area contributed by atoms with Crippen molar-refractivity contribution in [3.63, 3.8) is 0 Å². The number of ether oxygens (including phenoxy) is 4. The molecule has 2 aromatic carbocycles. The van der Waals surface area contributed by atoms with Gasteiger partial charge in [0.05, 0.1) is 13.0 Å². The summed E-state index contributed by atoms with van der Waals surface area (Å²) in [5.74, 6) is -2.75. The quantitative estimate of drug-likeness (QED) is 0.199. The number of alkyl halides is 3. The summed E-state index contributed by atoms with van der Waals surface area (Å²) >= 11 is 0. The van der Waals surface area contributed by atoms with Gasteiger partial charge in [-0.3, -0.25) is 9.59 Å². The molecule has 0 radical (unpaired) electrons. The lowest BCUT2D eigenvalue weighted by atomic mass is 9.77. The van der Waals surface area contributed by atoms with Crippen molar-refractivity contribution in [1.29, 1.82) is 0 Å². The third-order valence-corrected chi connectivity index (χ3v) is 8.66. The van der Waals surface area contributed by atoms with Crippen molar-refractivity contribution in [2.75, 3.05) is 7.11 Å². The number of amides is 1. The Balaban J connectivity index is 1.53. The molecule has 0 saturated carbocycles. The molecule has 4 rings (SSSR count). The highest BCUT2D eigenvalue weighted by Gasteiger charge is 2.35. The van der Waals surface area contributed by atoms with E-state index < -0.39 is 42.3 Å². The Hall–Kier alpha value is -4.61.